The summed E-state index contributed by atoms with van der Waals surface area (Å²) in [6, 6.07) is 11.5. The van der Waals surface area contributed by atoms with E-state index in [4.69, 9.17) is 5.53 Å². The smallest absolute Gasteiger partial charge is 0.0974 e. The first kappa shape index (κ1) is 12.6. The first-order valence-electron chi connectivity index (χ1n) is 5.39. The van der Waals surface area contributed by atoms with E-state index in [-0.39, 0.29) is 0 Å². The highest BCUT2D eigenvalue weighted by molar-refractivity contribution is 9.10. The second kappa shape index (κ2) is 5.21. The molecule has 0 saturated carbocycles. The van der Waals surface area contributed by atoms with Gasteiger partial charge in [0.05, 0.1) is 5.54 Å². The van der Waals surface area contributed by atoms with Crippen molar-refractivity contribution in [1.82, 2.24) is 4.98 Å². The molecule has 5 heteroatoms. The minimum Gasteiger partial charge on any atom is -0.264 e. The van der Waals surface area contributed by atoms with Gasteiger partial charge in [0.25, 0.3) is 0 Å². The Kier molecular flexibility index (Phi) is 3.65. The van der Waals surface area contributed by atoms with Crippen LogP contribution in [0.4, 0.5) is 0 Å². The molecular weight excluding hydrogens is 292 g/mol. The van der Waals surface area contributed by atoms with E-state index in [1.165, 1.54) is 0 Å². The van der Waals surface area contributed by atoms with Crippen LogP contribution in [0.1, 0.15) is 18.1 Å². The van der Waals surface area contributed by atoms with Gasteiger partial charge in [-0.15, -0.1) is 0 Å². The van der Waals surface area contributed by atoms with E-state index in [2.05, 4.69) is 30.9 Å². The molecule has 1 atom stereocenters. The number of nitrogens with zero attached hydrogens (tertiary/aromatic N) is 4. The van der Waals surface area contributed by atoms with E-state index in [0.29, 0.717) is 0 Å². The zero-order valence-electron chi connectivity index (χ0n) is 9.79. The number of pyridine rings is 1. The molecule has 90 valence electrons. The largest absolute Gasteiger partial charge is 0.264 e. The van der Waals surface area contributed by atoms with Crippen molar-refractivity contribution in [2.45, 2.75) is 12.5 Å². The minimum absolute atomic E-state index is 0.757. The SMILES string of the molecule is CC(N=[N+]=[N-])(c1cccnc1)c1cccc(Br)c1. The van der Waals surface area contributed by atoms with Crippen molar-refractivity contribution in [3.05, 3.63) is 74.8 Å². The van der Waals surface area contributed by atoms with Crippen molar-refractivity contribution in [3.63, 3.8) is 0 Å². The van der Waals surface area contributed by atoms with Crippen LogP contribution in [0.3, 0.4) is 0 Å². The van der Waals surface area contributed by atoms with Gasteiger partial charge in [-0.2, -0.15) is 0 Å². The summed E-state index contributed by atoms with van der Waals surface area (Å²) in [6.45, 7) is 1.88. The quantitative estimate of drug-likeness (QED) is 0.470. The number of hydrogen-bond acceptors (Lipinski definition) is 2. The predicted molar refractivity (Wildman–Crippen MR) is 74.0 cm³/mol. The molecule has 0 spiro atoms. The monoisotopic (exact) mass is 302 g/mol. The molecule has 0 aliphatic rings. The standard InChI is InChI=1S/C13H11BrN4/c1-13(17-18-15,11-5-3-7-16-9-11)10-4-2-6-12(14)8-10/h2-9H,1H3. The molecule has 2 rings (SSSR count). The summed E-state index contributed by atoms with van der Waals surface area (Å²) in [5, 5.41) is 3.96. The topological polar surface area (TPSA) is 61.7 Å². The fourth-order valence-electron chi connectivity index (χ4n) is 1.81. The molecule has 18 heavy (non-hydrogen) atoms. The Labute approximate surface area is 113 Å². The van der Waals surface area contributed by atoms with E-state index < -0.39 is 5.54 Å². The first-order valence-corrected chi connectivity index (χ1v) is 6.19. The van der Waals surface area contributed by atoms with Gasteiger partial charge in [0.2, 0.25) is 0 Å². The van der Waals surface area contributed by atoms with Crippen LogP contribution >= 0.6 is 15.9 Å². The molecule has 2 aromatic rings. The number of azide groups is 1. The molecule has 4 nitrogen and oxygen atoms in total. The Hall–Kier alpha value is -1.84. The molecule has 1 heterocycles. The Morgan fingerprint density at radius 3 is 2.67 bits per heavy atom. The molecule has 0 radical (unpaired) electrons. The van der Waals surface area contributed by atoms with Gasteiger partial charge in [0, 0.05) is 21.8 Å². The Morgan fingerprint density at radius 2 is 2.06 bits per heavy atom. The number of hydrogen-bond donors (Lipinski definition) is 0. The van der Waals surface area contributed by atoms with Gasteiger partial charge < -0.3 is 0 Å². The van der Waals surface area contributed by atoms with E-state index in [1.807, 2.05) is 43.3 Å². The molecule has 0 fully saturated rings. The Morgan fingerprint density at radius 1 is 1.28 bits per heavy atom. The lowest BCUT2D eigenvalue weighted by atomic mass is 9.86. The summed E-state index contributed by atoms with van der Waals surface area (Å²) >= 11 is 3.43. The lowest BCUT2D eigenvalue weighted by Gasteiger charge is -2.24. The lowest BCUT2D eigenvalue weighted by molar-refractivity contribution is 0.595. The third-order valence-corrected chi connectivity index (χ3v) is 3.35. The Bertz CT molecular complexity index is 593. The van der Waals surface area contributed by atoms with Crippen LogP contribution in [0.2, 0.25) is 0 Å². The lowest BCUT2D eigenvalue weighted by Crippen LogP contribution is -2.20. The predicted octanol–water partition coefficient (Wildman–Crippen LogP) is 4.42. The highest BCUT2D eigenvalue weighted by Crippen LogP contribution is 2.34. The van der Waals surface area contributed by atoms with Gasteiger partial charge in [-0.3, -0.25) is 4.98 Å². The van der Waals surface area contributed by atoms with Crippen molar-refractivity contribution in [3.8, 4) is 0 Å². The van der Waals surface area contributed by atoms with E-state index in [9.17, 15) is 0 Å². The summed E-state index contributed by atoms with van der Waals surface area (Å²) < 4.78 is 0.947. The normalized spacial score (nSPS) is 13.4. The van der Waals surface area contributed by atoms with Crippen molar-refractivity contribution >= 4 is 15.9 Å². The van der Waals surface area contributed by atoms with Crippen LogP contribution < -0.4 is 0 Å². The molecule has 0 saturated heterocycles. The van der Waals surface area contributed by atoms with E-state index in [0.717, 1.165) is 15.6 Å². The number of benzene rings is 1. The van der Waals surface area contributed by atoms with Crippen LogP contribution in [0.5, 0.6) is 0 Å². The van der Waals surface area contributed by atoms with Gasteiger partial charge in [0.15, 0.2) is 0 Å². The summed E-state index contributed by atoms with van der Waals surface area (Å²) in [5.41, 5.74) is 9.84. The molecule has 0 bridgehead atoms. The van der Waals surface area contributed by atoms with Crippen molar-refractivity contribution < 1.29 is 0 Å². The summed E-state index contributed by atoms with van der Waals surface area (Å²) in [5.74, 6) is 0. The van der Waals surface area contributed by atoms with Crippen molar-refractivity contribution in [2.24, 2.45) is 5.11 Å². The fourth-order valence-corrected chi connectivity index (χ4v) is 2.21. The second-order valence-electron chi connectivity index (χ2n) is 4.01. The van der Waals surface area contributed by atoms with E-state index in [1.54, 1.807) is 12.4 Å². The van der Waals surface area contributed by atoms with Gasteiger partial charge >= 0.3 is 0 Å². The van der Waals surface area contributed by atoms with Crippen molar-refractivity contribution in [1.29, 1.82) is 0 Å². The third-order valence-electron chi connectivity index (χ3n) is 2.86. The average Bonchev–Trinajstić information content (AvgIpc) is 2.40. The van der Waals surface area contributed by atoms with Crippen LogP contribution in [0.15, 0.2) is 58.4 Å². The maximum atomic E-state index is 8.82. The summed E-state index contributed by atoms with van der Waals surface area (Å²) in [4.78, 5) is 7.06. The summed E-state index contributed by atoms with van der Waals surface area (Å²) in [7, 11) is 0. The molecule has 1 aromatic heterocycles. The maximum Gasteiger partial charge on any atom is 0.0974 e. The molecule has 0 N–H and O–H groups in total. The van der Waals surface area contributed by atoms with Crippen LogP contribution in [0, 0.1) is 0 Å². The number of aromatic nitrogens is 1. The van der Waals surface area contributed by atoms with Gasteiger partial charge in [0.1, 0.15) is 0 Å². The maximum absolute atomic E-state index is 8.82. The fraction of sp³-hybridized carbons (Fsp3) is 0.154. The van der Waals surface area contributed by atoms with Crippen LogP contribution in [-0.2, 0) is 5.54 Å². The van der Waals surface area contributed by atoms with Gasteiger partial charge in [-0.05, 0) is 41.8 Å². The Balaban J connectivity index is 2.61. The zero-order valence-corrected chi connectivity index (χ0v) is 11.4. The van der Waals surface area contributed by atoms with Gasteiger partial charge in [-0.1, -0.05) is 39.2 Å². The number of rotatable bonds is 3. The molecule has 1 aromatic carbocycles. The summed E-state index contributed by atoms with van der Waals surface area (Å²) in [6.07, 6.45) is 3.41. The van der Waals surface area contributed by atoms with Crippen molar-refractivity contribution in [2.75, 3.05) is 0 Å². The number of halogens is 1. The van der Waals surface area contributed by atoms with Gasteiger partial charge in [-0.25, -0.2) is 0 Å². The zero-order chi connectivity index (χ0) is 13.0. The van der Waals surface area contributed by atoms with Crippen LogP contribution in [-0.4, -0.2) is 4.98 Å². The second-order valence-corrected chi connectivity index (χ2v) is 4.93. The molecule has 0 amide bonds. The third kappa shape index (κ3) is 2.37. The van der Waals surface area contributed by atoms with Crippen LogP contribution in [0.25, 0.3) is 10.4 Å². The molecule has 1 unspecified atom stereocenters. The molecular formula is C13H11BrN4. The highest BCUT2D eigenvalue weighted by atomic mass is 79.9. The highest BCUT2D eigenvalue weighted by Gasteiger charge is 2.28. The molecule has 0 aliphatic heterocycles. The van der Waals surface area contributed by atoms with E-state index >= 15 is 0 Å². The minimum atomic E-state index is -0.757. The molecule has 0 aliphatic carbocycles. The average molecular weight is 303 g/mol. The first-order chi connectivity index (χ1) is 8.66.